The number of hydrogen-bond acceptors (Lipinski definition) is 5. The van der Waals surface area contributed by atoms with Gasteiger partial charge >= 0.3 is 11.4 Å². The molecule has 0 amide bonds. The van der Waals surface area contributed by atoms with Gasteiger partial charge in [0.15, 0.2) is 9.95 Å². The molecule has 110 valence electrons. The third-order valence-electron chi connectivity index (χ3n) is 1.74. The second kappa shape index (κ2) is 13.9. The molecule has 0 radical (unpaired) electrons. The molecular weight excluding hydrogens is 316 g/mol. The molecule has 2 rings (SSSR count). The molecule has 0 saturated carbocycles. The first-order chi connectivity index (χ1) is 9.60. The summed E-state index contributed by atoms with van der Waals surface area (Å²) >= 11 is 0. The number of diazo groups is 2. The molecule has 0 unspecified atom stereocenters. The molecule has 7 nitrogen and oxygen atoms in total. The van der Waals surface area contributed by atoms with Crippen LogP contribution in [0.5, 0.6) is 0 Å². The van der Waals surface area contributed by atoms with E-state index in [2.05, 4.69) is 9.95 Å². The minimum atomic E-state index is -2.86. The molecule has 1 N–H and O–H groups in total. The van der Waals surface area contributed by atoms with Gasteiger partial charge < -0.3 is 25.4 Å². The van der Waals surface area contributed by atoms with Crippen LogP contribution in [0.25, 0.3) is 9.95 Å². The molecule has 0 saturated heterocycles. The van der Waals surface area contributed by atoms with Gasteiger partial charge in [0.2, 0.25) is 10.8 Å². The molecule has 0 bridgehead atoms. The van der Waals surface area contributed by atoms with Gasteiger partial charge in [0, 0.05) is 35.3 Å². The summed E-state index contributed by atoms with van der Waals surface area (Å²) in [6, 6.07) is 17.9. The fourth-order valence-electron chi connectivity index (χ4n) is 0.989. The molecule has 2 aromatic rings. The number of hydrogen-bond donors (Lipinski definition) is 1. The van der Waals surface area contributed by atoms with Gasteiger partial charge in [0.05, 0.1) is 0 Å². The molecular formula is C12H11ClN4O3S. The maximum absolute atomic E-state index is 8.56. The van der Waals surface area contributed by atoms with Crippen LogP contribution in [0, 0.1) is 10.8 Å². The summed E-state index contributed by atoms with van der Waals surface area (Å²) in [7, 11) is -2.86. The van der Waals surface area contributed by atoms with Gasteiger partial charge in [-0.2, -0.15) is 0 Å². The van der Waals surface area contributed by atoms with Gasteiger partial charge in [-0.1, -0.05) is 36.4 Å². The van der Waals surface area contributed by atoms with E-state index in [0.717, 1.165) is 0 Å². The van der Waals surface area contributed by atoms with Crippen molar-refractivity contribution in [3.05, 3.63) is 70.6 Å². The van der Waals surface area contributed by atoms with Crippen LogP contribution < -0.4 is 12.4 Å². The molecule has 21 heavy (non-hydrogen) atoms. The van der Waals surface area contributed by atoms with E-state index >= 15 is 0 Å². The van der Waals surface area contributed by atoms with Crippen molar-refractivity contribution in [2.45, 2.75) is 0 Å². The van der Waals surface area contributed by atoms with Gasteiger partial charge in [-0.15, -0.1) is 0 Å². The number of nitrogens with zero attached hydrogens (tertiary/aromatic N) is 4. The summed E-state index contributed by atoms with van der Waals surface area (Å²) < 4.78 is 24.1. The minimum Gasteiger partial charge on any atom is -1.00 e. The lowest BCUT2D eigenvalue weighted by molar-refractivity contribution is -0.00000885. The zero-order chi connectivity index (χ0) is 15.2. The molecule has 0 aliphatic heterocycles. The van der Waals surface area contributed by atoms with Gasteiger partial charge in [0.1, 0.15) is 0 Å². The Morgan fingerprint density at radius 3 is 1.14 bits per heavy atom. The lowest BCUT2D eigenvalue weighted by atomic mass is 10.3. The quantitative estimate of drug-likeness (QED) is 0.337. The Kier molecular flexibility index (Phi) is 13.8. The normalized spacial score (nSPS) is 7.62. The van der Waals surface area contributed by atoms with Crippen LogP contribution in [0.2, 0.25) is 0 Å². The van der Waals surface area contributed by atoms with Crippen molar-refractivity contribution in [3.8, 4) is 0 Å². The maximum atomic E-state index is 8.56. The van der Waals surface area contributed by atoms with Gasteiger partial charge in [-0.05, 0) is 0 Å². The minimum absolute atomic E-state index is 0. The lowest BCUT2D eigenvalue weighted by Gasteiger charge is -1.69. The first-order valence-electron chi connectivity index (χ1n) is 5.18. The standard InChI is InChI=1S/2C6H5N2.ClH.HO3S/c2*7-8-6-4-2-1-3-5-6;;1-4(2)3/h2*1-5H;1H;(H,1,2,3)/q2*+1;;-1/p-1. The monoisotopic (exact) mass is 326 g/mol. The topological polar surface area (TPSA) is 111 Å². The Balaban J connectivity index is 0. The first-order valence-corrected chi connectivity index (χ1v) is 6.22. The Hall–Kier alpha value is -2.52. The van der Waals surface area contributed by atoms with E-state index in [1.165, 1.54) is 0 Å². The third-order valence-corrected chi connectivity index (χ3v) is 1.74. The van der Waals surface area contributed by atoms with Crippen molar-refractivity contribution in [2.75, 3.05) is 0 Å². The summed E-state index contributed by atoms with van der Waals surface area (Å²) in [4.78, 5) is 5.94. The Labute approximate surface area is 129 Å². The van der Waals surface area contributed by atoms with Gasteiger partial charge in [0.25, 0.3) is 0 Å². The summed E-state index contributed by atoms with van der Waals surface area (Å²) in [6.07, 6.45) is 0. The Morgan fingerprint density at radius 1 is 0.762 bits per heavy atom. The van der Waals surface area contributed by atoms with Crippen molar-refractivity contribution in [3.63, 3.8) is 0 Å². The van der Waals surface area contributed by atoms with E-state index in [9.17, 15) is 0 Å². The zero-order valence-electron chi connectivity index (χ0n) is 10.6. The second-order valence-electron chi connectivity index (χ2n) is 3.09. The van der Waals surface area contributed by atoms with Crippen LogP contribution in [0.1, 0.15) is 0 Å². The predicted molar refractivity (Wildman–Crippen MR) is 73.7 cm³/mol. The van der Waals surface area contributed by atoms with Crippen molar-refractivity contribution in [1.82, 2.24) is 0 Å². The zero-order valence-corrected chi connectivity index (χ0v) is 12.2. The summed E-state index contributed by atoms with van der Waals surface area (Å²) in [6.45, 7) is 0. The average Bonchev–Trinajstić information content (AvgIpc) is 2.49. The molecule has 0 aliphatic carbocycles. The predicted octanol–water partition coefficient (Wildman–Crippen LogP) is 1.12. The highest BCUT2D eigenvalue weighted by Crippen LogP contribution is 2.08. The van der Waals surface area contributed by atoms with Crippen molar-refractivity contribution in [2.24, 2.45) is 0 Å². The molecule has 0 aromatic heterocycles. The number of rotatable bonds is 0. The fourth-order valence-corrected chi connectivity index (χ4v) is 0.989. The van der Waals surface area contributed by atoms with Gasteiger partial charge in [-0.25, -0.2) is 0 Å². The third kappa shape index (κ3) is 13.7. The molecule has 0 aliphatic rings. The van der Waals surface area contributed by atoms with Crippen LogP contribution in [0.3, 0.4) is 0 Å². The van der Waals surface area contributed by atoms with E-state index in [1.54, 1.807) is 24.3 Å². The smallest absolute Gasteiger partial charge is 0.385 e. The molecule has 0 fully saturated rings. The summed E-state index contributed by atoms with van der Waals surface area (Å²) in [5, 5.41) is 16.3. The van der Waals surface area contributed by atoms with Crippen molar-refractivity contribution < 1.29 is 25.4 Å². The molecule has 0 heterocycles. The Bertz CT molecular complexity index is 594. The largest absolute Gasteiger partial charge is 1.00 e. The van der Waals surface area contributed by atoms with Crippen molar-refractivity contribution in [1.29, 1.82) is 10.8 Å². The fraction of sp³-hybridized carbons (Fsp3) is 0. The second-order valence-corrected chi connectivity index (χ2v) is 3.52. The van der Waals surface area contributed by atoms with Crippen molar-refractivity contribution >= 4 is 22.4 Å². The van der Waals surface area contributed by atoms with E-state index in [0.29, 0.717) is 11.4 Å². The average molecular weight is 327 g/mol. The molecule has 2 aromatic carbocycles. The number of benzene rings is 2. The van der Waals surface area contributed by atoms with E-state index < -0.39 is 11.0 Å². The Morgan fingerprint density at radius 2 is 1.00 bits per heavy atom. The van der Waals surface area contributed by atoms with Crippen LogP contribution in [0.4, 0.5) is 11.4 Å². The highest BCUT2D eigenvalue weighted by Gasteiger charge is 1.96. The molecule has 0 atom stereocenters. The molecule has 9 heteroatoms. The van der Waals surface area contributed by atoms with E-state index in [4.69, 9.17) is 23.8 Å². The van der Waals surface area contributed by atoms with Gasteiger partial charge in [-0.3, -0.25) is 0 Å². The van der Waals surface area contributed by atoms with E-state index in [-0.39, 0.29) is 12.4 Å². The SMILES string of the molecule is N#[N+]c1ccccc1.N#[N+]c1ccccc1.O=[S-](=O)O.[Cl-]. The van der Waals surface area contributed by atoms with Crippen LogP contribution >= 0.6 is 0 Å². The van der Waals surface area contributed by atoms with Crippen LogP contribution in [-0.4, -0.2) is 4.55 Å². The van der Waals surface area contributed by atoms with Crippen LogP contribution in [-0.2, 0) is 19.4 Å². The number of halogens is 1. The highest BCUT2D eigenvalue weighted by molar-refractivity contribution is 7.65. The maximum Gasteiger partial charge on any atom is 0.385 e. The first kappa shape index (κ1) is 20.8. The molecule has 0 spiro atoms. The summed E-state index contributed by atoms with van der Waals surface area (Å²) in [5.74, 6) is 0. The van der Waals surface area contributed by atoms with E-state index in [1.807, 2.05) is 36.4 Å². The lowest BCUT2D eigenvalue weighted by Crippen LogP contribution is -3.00. The highest BCUT2D eigenvalue weighted by atomic mass is 35.5. The van der Waals surface area contributed by atoms with Crippen LogP contribution in [0.15, 0.2) is 60.7 Å². The summed E-state index contributed by atoms with van der Waals surface area (Å²) in [5.41, 5.74) is 1.18.